The van der Waals surface area contributed by atoms with E-state index >= 15 is 0 Å². The third-order valence-corrected chi connectivity index (χ3v) is 2.46. The molecule has 2 aromatic rings. The predicted octanol–water partition coefficient (Wildman–Crippen LogP) is -0.555. The molecule has 0 aliphatic carbocycles. The summed E-state index contributed by atoms with van der Waals surface area (Å²) in [5.74, 6) is 0. The third kappa shape index (κ3) is 2.51. The Balaban J connectivity index is 2.40. The first-order valence-corrected chi connectivity index (χ1v) is 5.15. The van der Waals surface area contributed by atoms with Crippen molar-refractivity contribution in [1.29, 1.82) is 0 Å². The molecule has 2 rings (SSSR count). The maximum Gasteiger partial charge on any atom is 0.327 e. The van der Waals surface area contributed by atoms with Crippen LogP contribution in [0.15, 0.2) is 46.1 Å². The standard InChI is InChI=1S/C12H11N2O3/c15-8-14-7-10(11(16)13-12(14)17)6-9-4-2-1-3-5-9/h1-5,7H,6,8H2,(H,13,16,17)/q-1. The van der Waals surface area contributed by atoms with Gasteiger partial charge in [0.1, 0.15) is 0 Å². The molecule has 88 valence electrons. The quantitative estimate of drug-likeness (QED) is 0.769. The van der Waals surface area contributed by atoms with E-state index in [-0.39, 0.29) is 0 Å². The highest BCUT2D eigenvalue weighted by atomic mass is 16.3. The fraction of sp³-hybridized carbons (Fsp3) is 0.167. The van der Waals surface area contributed by atoms with E-state index in [0.29, 0.717) is 12.0 Å². The summed E-state index contributed by atoms with van der Waals surface area (Å²) in [6, 6.07) is 9.38. The van der Waals surface area contributed by atoms with E-state index in [4.69, 9.17) is 0 Å². The van der Waals surface area contributed by atoms with Crippen LogP contribution in [-0.4, -0.2) is 9.55 Å². The van der Waals surface area contributed by atoms with Gasteiger partial charge in [0.05, 0.1) is 0 Å². The Kier molecular flexibility index (Phi) is 3.20. The molecule has 1 heterocycles. The van der Waals surface area contributed by atoms with Crippen molar-refractivity contribution in [3.63, 3.8) is 0 Å². The van der Waals surface area contributed by atoms with Crippen molar-refractivity contribution in [2.75, 3.05) is 0 Å². The van der Waals surface area contributed by atoms with Gasteiger partial charge in [0.25, 0.3) is 5.56 Å². The minimum atomic E-state index is -0.697. The lowest BCUT2D eigenvalue weighted by molar-refractivity contribution is -0.409. The molecule has 1 aromatic carbocycles. The van der Waals surface area contributed by atoms with Crippen LogP contribution in [0.2, 0.25) is 0 Å². The Bertz CT molecular complexity index is 614. The molecular weight excluding hydrogens is 220 g/mol. The molecule has 0 bridgehead atoms. The molecule has 1 aromatic heterocycles. The lowest BCUT2D eigenvalue weighted by Crippen LogP contribution is -2.34. The minimum absolute atomic E-state index is 0.399. The van der Waals surface area contributed by atoms with E-state index in [1.807, 2.05) is 30.3 Å². The summed E-state index contributed by atoms with van der Waals surface area (Å²) >= 11 is 0. The van der Waals surface area contributed by atoms with Crippen LogP contribution in [0.25, 0.3) is 0 Å². The van der Waals surface area contributed by atoms with Gasteiger partial charge in [-0.15, -0.1) is 0 Å². The molecule has 17 heavy (non-hydrogen) atoms. The van der Waals surface area contributed by atoms with Crippen LogP contribution in [0.1, 0.15) is 11.1 Å². The van der Waals surface area contributed by atoms with Crippen LogP contribution < -0.4 is 16.4 Å². The zero-order valence-corrected chi connectivity index (χ0v) is 9.05. The smallest absolute Gasteiger partial charge is 0.327 e. The summed E-state index contributed by atoms with van der Waals surface area (Å²) in [5.41, 5.74) is 0.256. The minimum Gasteiger partial charge on any atom is -0.838 e. The second-order valence-corrected chi connectivity index (χ2v) is 3.67. The fourth-order valence-corrected chi connectivity index (χ4v) is 1.59. The molecule has 0 saturated carbocycles. The van der Waals surface area contributed by atoms with Crippen molar-refractivity contribution in [3.8, 4) is 0 Å². The summed E-state index contributed by atoms with van der Waals surface area (Å²) in [6.07, 6.45) is 1.72. The Morgan fingerprint density at radius 2 is 1.88 bits per heavy atom. The van der Waals surface area contributed by atoms with Gasteiger partial charge in [0.2, 0.25) is 0 Å². The average Bonchev–Trinajstić information content (AvgIpc) is 2.34. The van der Waals surface area contributed by atoms with E-state index in [9.17, 15) is 14.7 Å². The number of benzene rings is 1. The fourth-order valence-electron chi connectivity index (χ4n) is 1.59. The zero-order valence-electron chi connectivity index (χ0n) is 9.05. The normalized spacial score (nSPS) is 10.4. The van der Waals surface area contributed by atoms with E-state index in [1.165, 1.54) is 6.20 Å². The van der Waals surface area contributed by atoms with Gasteiger partial charge in [-0.2, -0.15) is 0 Å². The maximum atomic E-state index is 11.5. The number of aromatic amines is 1. The number of hydrogen-bond donors (Lipinski definition) is 1. The molecular formula is C12H11N2O3-. The maximum absolute atomic E-state index is 11.5. The zero-order chi connectivity index (χ0) is 12.3. The Hall–Kier alpha value is -2.14. The van der Waals surface area contributed by atoms with Crippen molar-refractivity contribution < 1.29 is 5.11 Å². The van der Waals surface area contributed by atoms with Crippen molar-refractivity contribution >= 4 is 0 Å². The molecule has 5 nitrogen and oxygen atoms in total. The Labute approximate surface area is 97.0 Å². The highest BCUT2D eigenvalue weighted by Crippen LogP contribution is 2.03. The summed E-state index contributed by atoms with van der Waals surface area (Å²) in [6.45, 7) is -0.697. The molecule has 0 spiro atoms. The molecule has 0 saturated heterocycles. The van der Waals surface area contributed by atoms with Crippen LogP contribution in [0.4, 0.5) is 0 Å². The summed E-state index contributed by atoms with van der Waals surface area (Å²) < 4.78 is 0.944. The molecule has 1 N–H and O–H groups in total. The Morgan fingerprint density at radius 1 is 1.18 bits per heavy atom. The van der Waals surface area contributed by atoms with Gasteiger partial charge in [-0.25, -0.2) is 4.79 Å². The van der Waals surface area contributed by atoms with E-state index in [2.05, 4.69) is 4.98 Å². The average molecular weight is 231 g/mol. The molecule has 0 amide bonds. The summed E-state index contributed by atoms with van der Waals surface area (Å²) in [7, 11) is 0. The number of rotatable bonds is 3. The second-order valence-electron chi connectivity index (χ2n) is 3.67. The first kappa shape index (κ1) is 11.3. The topological polar surface area (TPSA) is 77.9 Å². The highest BCUT2D eigenvalue weighted by molar-refractivity contribution is 5.22. The molecule has 0 aliphatic rings. The van der Waals surface area contributed by atoms with Gasteiger partial charge >= 0.3 is 5.69 Å². The van der Waals surface area contributed by atoms with Crippen LogP contribution >= 0.6 is 0 Å². The van der Waals surface area contributed by atoms with Crippen LogP contribution in [0.3, 0.4) is 0 Å². The van der Waals surface area contributed by atoms with E-state index in [0.717, 1.165) is 10.1 Å². The molecule has 0 aliphatic heterocycles. The van der Waals surface area contributed by atoms with Crippen molar-refractivity contribution in [1.82, 2.24) is 9.55 Å². The SMILES string of the molecule is O=c1[nH]c(=O)n(C[O-])cc1Cc1ccccc1. The van der Waals surface area contributed by atoms with Crippen molar-refractivity contribution in [2.45, 2.75) is 13.2 Å². The number of nitrogens with zero attached hydrogens (tertiary/aromatic N) is 1. The van der Waals surface area contributed by atoms with E-state index < -0.39 is 18.0 Å². The monoisotopic (exact) mass is 231 g/mol. The molecule has 0 radical (unpaired) electrons. The lowest BCUT2D eigenvalue weighted by atomic mass is 10.1. The van der Waals surface area contributed by atoms with E-state index in [1.54, 1.807) is 0 Å². The summed E-state index contributed by atoms with van der Waals surface area (Å²) in [5, 5.41) is 10.7. The van der Waals surface area contributed by atoms with Crippen LogP contribution in [-0.2, 0) is 13.2 Å². The lowest BCUT2D eigenvalue weighted by Gasteiger charge is -2.09. The highest BCUT2D eigenvalue weighted by Gasteiger charge is 2.03. The summed E-state index contributed by atoms with van der Waals surface area (Å²) in [4.78, 5) is 24.9. The molecule has 0 fully saturated rings. The van der Waals surface area contributed by atoms with Crippen LogP contribution in [0, 0.1) is 0 Å². The first-order chi connectivity index (χ1) is 8.20. The van der Waals surface area contributed by atoms with Gasteiger partial charge in [0, 0.05) is 18.2 Å². The first-order valence-electron chi connectivity index (χ1n) is 5.15. The number of H-pyrrole nitrogens is 1. The van der Waals surface area contributed by atoms with Gasteiger partial charge in [0.15, 0.2) is 0 Å². The van der Waals surface area contributed by atoms with Gasteiger partial charge in [-0.05, 0) is 5.56 Å². The molecule has 5 heteroatoms. The largest absolute Gasteiger partial charge is 0.838 e. The molecule has 0 atom stereocenters. The van der Waals surface area contributed by atoms with Gasteiger partial charge in [-0.3, -0.25) is 9.78 Å². The Morgan fingerprint density at radius 3 is 2.53 bits per heavy atom. The van der Waals surface area contributed by atoms with Gasteiger partial charge in [-0.1, -0.05) is 37.1 Å². The molecule has 0 unspecified atom stereocenters. The number of nitrogens with one attached hydrogen (secondary N) is 1. The van der Waals surface area contributed by atoms with Crippen molar-refractivity contribution in [3.05, 3.63) is 68.5 Å². The van der Waals surface area contributed by atoms with Crippen molar-refractivity contribution in [2.24, 2.45) is 0 Å². The number of aromatic nitrogens is 2. The number of hydrogen-bond acceptors (Lipinski definition) is 3. The third-order valence-electron chi connectivity index (χ3n) is 2.46. The van der Waals surface area contributed by atoms with Gasteiger partial charge < -0.3 is 9.67 Å². The second kappa shape index (κ2) is 4.80. The predicted molar refractivity (Wildman–Crippen MR) is 60.6 cm³/mol. The van der Waals surface area contributed by atoms with Crippen LogP contribution in [0.5, 0.6) is 0 Å².